The Hall–Kier alpha value is -1.77. The summed E-state index contributed by atoms with van der Waals surface area (Å²) < 4.78 is 2.17. The Kier molecular flexibility index (Phi) is 3.81. The number of aromatic nitrogens is 2. The van der Waals surface area contributed by atoms with E-state index >= 15 is 0 Å². The molecule has 1 atom stereocenters. The fourth-order valence-corrected chi connectivity index (χ4v) is 1.96. The van der Waals surface area contributed by atoms with Gasteiger partial charge in [0.25, 0.3) is 0 Å². The largest absolute Gasteiger partial charge is 0.356 e. The van der Waals surface area contributed by atoms with Crippen molar-refractivity contribution >= 4 is 5.95 Å². The zero-order valence-corrected chi connectivity index (χ0v) is 10.4. The quantitative estimate of drug-likeness (QED) is 0.853. The Morgan fingerprint density at radius 1 is 1.29 bits per heavy atom. The third-order valence-electron chi connectivity index (χ3n) is 2.89. The maximum atomic E-state index is 4.30. The molecule has 0 radical (unpaired) electrons. The molecule has 17 heavy (non-hydrogen) atoms. The van der Waals surface area contributed by atoms with Crippen LogP contribution in [0, 0.1) is 0 Å². The van der Waals surface area contributed by atoms with Crippen molar-refractivity contribution in [2.45, 2.75) is 26.3 Å². The zero-order chi connectivity index (χ0) is 12.1. The molecule has 90 valence electrons. The van der Waals surface area contributed by atoms with Crippen LogP contribution in [-0.4, -0.2) is 16.1 Å². The number of benzene rings is 1. The monoisotopic (exact) mass is 229 g/mol. The summed E-state index contributed by atoms with van der Waals surface area (Å²) in [5.41, 5.74) is 1.36. The summed E-state index contributed by atoms with van der Waals surface area (Å²) in [6.45, 7) is 6.17. The molecule has 1 aromatic heterocycles. The Balaban J connectivity index is 2.08. The van der Waals surface area contributed by atoms with E-state index in [2.05, 4.69) is 59.0 Å². The van der Waals surface area contributed by atoms with Crippen LogP contribution in [0.1, 0.15) is 25.3 Å². The van der Waals surface area contributed by atoms with Crippen molar-refractivity contribution in [2.75, 3.05) is 11.9 Å². The van der Waals surface area contributed by atoms with Crippen molar-refractivity contribution in [3.63, 3.8) is 0 Å². The lowest BCUT2D eigenvalue weighted by atomic mass is 10.0. The van der Waals surface area contributed by atoms with E-state index < -0.39 is 0 Å². The Morgan fingerprint density at radius 2 is 2.06 bits per heavy atom. The summed E-state index contributed by atoms with van der Waals surface area (Å²) in [5, 5.41) is 3.26. The number of nitrogens with zero attached hydrogens (tertiary/aromatic N) is 2. The van der Waals surface area contributed by atoms with E-state index in [9.17, 15) is 0 Å². The molecule has 3 heteroatoms. The van der Waals surface area contributed by atoms with Gasteiger partial charge in [0, 0.05) is 25.5 Å². The van der Waals surface area contributed by atoms with Crippen molar-refractivity contribution in [2.24, 2.45) is 0 Å². The van der Waals surface area contributed by atoms with Gasteiger partial charge in [0.15, 0.2) is 0 Å². The molecule has 1 aromatic carbocycles. The van der Waals surface area contributed by atoms with Gasteiger partial charge < -0.3 is 9.88 Å². The third-order valence-corrected chi connectivity index (χ3v) is 2.89. The molecule has 0 fully saturated rings. The summed E-state index contributed by atoms with van der Waals surface area (Å²) in [7, 11) is 0. The van der Waals surface area contributed by atoms with Crippen molar-refractivity contribution in [3.8, 4) is 0 Å². The van der Waals surface area contributed by atoms with Crippen LogP contribution < -0.4 is 5.32 Å². The van der Waals surface area contributed by atoms with Gasteiger partial charge in [-0.3, -0.25) is 0 Å². The lowest BCUT2D eigenvalue weighted by Gasteiger charge is -2.15. The summed E-state index contributed by atoms with van der Waals surface area (Å²) in [6.07, 6.45) is 3.87. The van der Waals surface area contributed by atoms with Crippen LogP contribution in [0.25, 0.3) is 0 Å². The van der Waals surface area contributed by atoms with Crippen molar-refractivity contribution in [1.29, 1.82) is 0 Å². The summed E-state index contributed by atoms with van der Waals surface area (Å²) in [6, 6.07) is 10.6. The molecule has 1 N–H and O–H groups in total. The first-order valence-corrected chi connectivity index (χ1v) is 6.11. The van der Waals surface area contributed by atoms with Crippen molar-refractivity contribution < 1.29 is 0 Å². The summed E-state index contributed by atoms with van der Waals surface area (Å²) >= 11 is 0. The molecular weight excluding hydrogens is 210 g/mol. The Bertz CT molecular complexity index is 448. The lowest BCUT2D eigenvalue weighted by Crippen LogP contribution is -2.10. The molecular formula is C14H19N3. The SMILES string of the molecule is CCNc1nccn1CC(C)c1ccccc1. The number of imidazole rings is 1. The van der Waals surface area contributed by atoms with Crippen LogP contribution in [0.4, 0.5) is 5.95 Å². The molecule has 3 nitrogen and oxygen atoms in total. The standard InChI is InChI=1S/C14H19N3/c1-3-15-14-16-9-10-17(14)11-12(2)13-7-5-4-6-8-13/h4-10,12H,3,11H2,1-2H3,(H,15,16). The van der Waals surface area contributed by atoms with Crippen LogP contribution in [0.5, 0.6) is 0 Å². The fraction of sp³-hybridized carbons (Fsp3) is 0.357. The van der Waals surface area contributed by atoms with Gasteiger partial charge in [-0.1, -0.05) is 37.3 Å². The minimum absolute atomic E-state index is 0.489. The van der Waals surface area contributed by atoms with Gasteiger partial charge in [-0.2, -0.15) is 0 Å². The number of hydrogen-bond acceptors (Lipinski definition) is 2. The predicted octanol–water partition coefficient (Wildman–Crippen LogP) is 3.12. The van der Waals surface area contributed by atoms with Gasteiger partial charge >= 0.3 is 0 Å². The zero-order valence-electron chi connectivity index (χ0n) is 10.4. The molecule has 0 bridgehead atoms. The molecule has 0 amide bonds. The smallest absolute Gasteiger partial charge is 0.202 e. The Morgan fingerprint density at radius 3 is 2.76 bits per heavy atom. The molecule has 0 saturated heterocycles. The number of nitrogens with one attached hydrogen (secondary N) is 1. The van der Waals surface area contributed by atoms with E-state index in [4.69, 9.17) is 0 Å². The molecule has 2 aromatic rings. The van der Waals surface area contributed by atoms with Gasteiger partial charge in [0.1, 0.15) is 0 Å². The molecule has 0 spiro atoms. The van der Waals surface area contributed by atoms with E-state index in [1.54, 1.807) is 0 Å². The van der Waals surface area contributed by atoms with Crippen LogP contribution in [-0.2, 0) is 6.54 Å². The molecule has 0 aliphatic carbocycles. The number of hydrogen-bond donors (Lipinski definition) is 1. The molecule has 0 aliphatic rings. The highest BCUT2D eigenvalue weighted by Crippen LogP contribution is 2.18. The highest BCUT2D eigenvalue weighted by Gasteiger charge is 2.08. The van der Waals surface area contributed by atoms with Gasteiger partial charge in [-0.05, 0) is 18.4 Å². The van der Waals surface area contributed by atoms with Gasteiger partial charge in [-0.15, -0.1) is 0 Å². The van der Waals surface area contributed by atoms with E-state index in [0.717, 1.165) is 19.0 Å². The average Bonchev–Trinajstić information content (AvgIpc) is 2.78. The topological polar surface area (TPSA) is 29.9 Å². The third kappa shape index (κ3) is 2.87. The second-order valence-corrected chi connectivity index (χ2v) is 4.25. The fourth-order valence-electron chi connectivity index (χ4n) is 1.96. The summed E-state index contributed by atoms with van der Waals surface area (Å²) in [4.78, 5) is 4.30. The van der Waals surface area contributed by atoms with Crippen LogP contribution in [0.2, 0.25) is 0 Å². The maximum Gasteiger partial charge on any atom is 0.202 e. The van der Waals surface area contributed by atoms with Gasteiger partial charge in [0.2, 0.25) is 5.95 Å². The van der Waals surface area contributed by atoms with Crippen LogP contribution >= 0.6 is 0 Å². The van der Waals surface area contributed by atoms with E-state index in [1.807, 2.05) is 12.4 Å². The number of rotatable bonds is 5. The highest BCUT2D eigenvalue weighted by molar-refractivity contribution is 5.26. The highest BCUT2D eigenvalue weighted by atomic mass is 15.2. The first kappa shape index (κ1) is 11.7. The van der Waals surface area contributed by atoms with Crippen LogP contribution in [0.3, 0.4) is 0 Å². The molecule has 1 unspecified atom stereocenters. The first-order chi connectivity index (χ1) is 8.31. The molecule has 0 aliphatic heterocycles. The van der Waals surface area contributed by atoms with Gasteiger partial charge in [-0.25, -0.2) is 4.98 Å². The van der Waals surface area contributed by atoms with Crippen molar-refractivity contribution in [3.05, 3.63) is 48.3 Å². The second kappa shape index (κ2) is 5.53. The first-order valence-electron chi connectivity index (χ1n) is 6.11. The van der Waals surface area contributed by atoms with Gasteiger partial charge in [0.05, 0.1) is 0 Å². The maximum absolute atomic E-state index is 4.30. The second-order valence-electron chi connectivity index (χ2n) is 4.25. The Labute approximate surface area is 103 Å². The summed E-state index contributed by atoms with van der Waals surface area (Å²) in [5.74, 6) is 1.44. The minimum Gasteiger partial charge on any atom is -0.356 e. The van der Waals surface area contributed by atoms with Crippen LogP contribution in [0.15, 0.2) is 42.7 Å². The predicted molar refractivity (Wildman–Crippen MR) is 71.2 cm³/mol. The van der Waals surface area contributed by atoms with E-state index in [0.29, 0.717) is 5.92 Å². The molecule has 2 rings (SSSR count). The number of anilines is 1. The average molecular weight is 229 g/mol. The minimum atomic E-state index is 0.489. The lowest BCUT2D eigenvalue weighted by molar-refractivity contribution is 0.601. The molecule has 1 heterocycles. The van der Waals surface area contributed by atoms with E-state index in [1.165, 1.54) is 5.56 Å². The normalized spacial score (nSPS) is 12.4. The van der Waals surface area contributed by atoms with Crippen molar-refractivity contribution in [1.82, 2.24) is 9.55 Å². The molecule has 0 saturated carbocycles. The van der Waals surface area contributed by atoms with E-state index in [-0.39, 0.29) is 0 Å².